The van der Waals surface area contributed by atoms with E-state index in [9.17, 15) is 24.8 Å². The van der Waals surface area contributed by atoms with Crippen molar-refractivity contribution in [2.24, 2.45) is 5.92 Å². The number of hydrazine groups is 1. The highest BCUT2D eigenvalue weighted by molar-refractivity contribution is 6.08. The molecule has 2 amide bonds. The lowest BCUT2D eigenvalue weighted by Crippen LogP contribution is -2.55. The topological polar surface area (TPSA) is 125 Å². The molecule has 2 N–H and O–H groups in total. The number of non-ortho nitro benzene ring substituents is 1. The van der Waals surface area contributed by atoms with Crippen molar-refractivity contribution in [3.63, 3.8) is 0 Å². The summed E-state index contributed by atoms with van der Waals surface area (Å²) in [7, 11) is 2.92. The minimum absolute atomic E-state index is 0.0792. The van der Waals surface area contributed by atoms with E-state index in [0.717, 1.165) is 4.90 Å². The van der Waals surface area contributed by atoms with Gasteiger partial charge in [-0.05, 0) is 18.2 Å². The number of ether oxygens (including phenoxy) is 1. The van der Waals surface area contributed by atoms with Crippen LogP contribution in [0.5, 0.6) is 5.75 Å². The fourth-order valence-corrected chi connectivity index (χ4v) is 4.11. The van der Waals surface area contributed by atoms with Crippen molar-refractivity contribution in [2.45, 2.75) is 18.2 Å². The lowest BCUT2D eigenvalue weighted by atomic mass is 9.90. The summed E-state index contributed by atoms with van der Waals surface area (Å²) in [6.45, 7) is 0. The molecule has 0 radical (unpaired) electrons. The van der Waals surface area contributed by atoms with Crippen LogP contribution < -0.4 is 10.2 Å². The molecule has 2 aromatic rings. The average molecular weight is 438 g/mol. The number of nitrogens with zero attached hydrogens (tertiary/aromatic N) is 3. The number of nitro benzene ring substituents is 1. The molecule has 0 spiro atoms. The number of likely N-dealkylation sites (N-methyl/N-ethyl adjacent to an activating group) is 1. The molecule has 10 nitrogen and oxygen atoms in total. The van der Waals surface area contributed by atoms with Crippen molar-refractivity contribution < 1.29 is 24.4 Å². The smallest absolute Gasteiger partial charge is 0.269 e. The SMILES string of the molecule is COc1ccccc1[C@@H](O)[C@H]1C=C[C@H]2C(=O)N(C)C(=O)[C@H]2N1Nc1ccc([N+](=O)[O-])cc1. The zero-order chi connectivity index (χ0) is 23.0. The number of aliphatic hydroxyl groups is 1. The Balaban J connectivity index is 1.73. The minimum atomic E-state index is -1.09. The predicted molar refractivity (Wildman–Crippen MR) is 114 cm³/mol. The molecule has 0 aromatic heterocycles. The van der Waals surface area contributed by atoms with E-state index in [0.29, 0.717) is 17.0 Å². The number of hydrogen-bond donors (Lipinski definition) is 2. The van der Waals surface area contributed by atoms with Gasteiger partial charge < -0.3 is 15.3 Å². The number of methoxy groups -OCH3 is 1. The van der Waals surface area contributed by atoms with E-state index in [1.807, 2.05) is 0 Å². The van der Waals surface area contributed by atoms with Gasteiger partial charge in [0.1, 0.15) is 17.9 Å². The predicted octanol–water partition coefficient (Wildman–Crippen LogP) is 1.89. The first-order chi connectivity index (χ1) is 15.3. The largest absolute Gasteiger partial charge is 0.496 e. The third kappa shape index (κ3) is 3.59. The molecule has 0 aliphatic carbocycles. The number of likely N-dealkylation sites (tertiary alicyclic amines) is 1. The molecular formula is C22H22N4O6. The Kier molecular flexibility index (Phi) is 5.64. The van der Waals surface area contributed by atoms with Crippen LogP contribution in [0.1, 0.15) is 11.7 Å². The van der Waals surface area contributed by atoms with Gasteiger partial charge >= 0.3 is 0 Å². The number of para-hydroxylation sites is 1. The summed E-state index contributed by atoms with van der Waals surface area (Å²) in [5.41, 5.74) is 3.99. The third-order valence-electron chi connectivity index (χ3n) is 5.79. The Bertz CT molecular complexity index is 1090. The lowest BCUT2D eigenvalue weighted by Gasteiger charge is -2.40. The van der Waals surface area contributed by atoms with E-state index in [2.05, 4.69) is 5.43 Å². The number of aliphatic hydroxyl groups excluding tert-OH is 1. The number of carbonyl (C=O) groups excluding carboxylic acids is 2. The summed E-state index contributed by atoms with van der Waals surface area (Å²) < 4.78 is 5.37. The number of amides is 2. The second-order valence-corrected chi connectivity index (χ2v) is 7.59. The van der Waals surface area contributed by atoms with Gasteiger partial charge in [0.25, 0.3) is 5.69 Å². The maximum atomic E-state index is 12.9. The number of benzene rings is 2. The number of carbonyl (C=O) groups is 2. The summed E-state index contributed by atoms with van der Waals surface area (Å²) in [6.07, 6.45) is 2.23. The number of nitrogens with one attached hydrogen (secondary N) is 1. The number of hydrogen-bond acceptors (Lipinski definition) is 8. The molecule has 2 heterocycles. The zero-order valence-corrected chi connectivity index (χ0v) is 17.4. The lowest BCUT2D eigenvalue weighted by molar-refractivity contribution is -0.384. The first-order valence-corrected chi connectivity index (χ1v) is 9.93. The standard InChI is InChI=1S/C22H22N4O6/c1-24-21(28)16-11-12-17(20(27)15-5-3-4-6-18(15)32-2)25(19(16)22(24)29)23-13-7-9-14(10-8-13)26(30)31/h3-12,16-17,19-20,23,27H,1-2H3/t16-,17-,19+,20-/m1/s1. The molecule has 0 unspecified atom stereocenters. The molecule has 10 heteroatoms. The Hall–Kier alpha value is -3.76. The van der Waals surface area contributed by atoms with E-state index in [4.69, 9.17) is 4.74 Å². The number of nitro groups is 1. The van der Waals surface area contributed by atoms with Crippen LogP contribution in [-0.2, 0) is 9.59 Å². The molecule has 0 bridgehead atoms. The molecule has 4 rings (SSSR count). The number of anilines is 1. The molecule has 32 heavy (non-hydrogen) atoms. The van der Waals surface area contributed by atoms with Crippen LogP contribution >= 0.6 is 0 Å². The van der Waals surface area contributed by atoms with Crippen LogP contribution in [0.15, 0.2) is 60.7 Å². The van der Waals surface area contributed by atoms with Crippen molar-refractivity contribution in [3.8, 4) is 5.75 Å². The molecule has 0 saturated carbocycles. The van der Waals surface area contributed by atoms with Crippen molar-refractivity contribution in [1.82, 2.24) is 9.91 Å². The second-order valence-electron chi connectivity index (χ2n) is 7.59. The first-order valence-electron chi connectivity index (χ1n) is 9.93. The Morgan fingerprint density at radius 3 is 2.44 bits per heavy atom. The van der Waals surface area contributed by atoms with Gasteiger partial charge in [-0.25, -0.2) is 5.01 Å². The average Bonchev–Trinajstić information content (AvgIpc) is 3.03. The van der Waals surface area contributed by atoms with Crippen molar-refractivity contribution in [1.29, 1.82) is 0 Å². The van der Waals surface area contributed by atoms with Gasteiger partial charge in [0, 0.05) is 30.4 Å². The van der Waals surface area contributed by atoms with Gasteiger partial charge in [-0.15, -0.1) is 0 Å². The quantitative estimate of drug-likeness (QED) is 0.303. The van der Waals surface area contributed by atoms with Crippen molar-refractivity contribution in [2.75, 3.05) is 19.6 Å². The molecule has 2 aromatic carbocycles. The molecule has 2 aliphatic rings. The van der Waals surface area contributed by atoms with Gasteiger partial charge in [0.2, 0.25) is 11.8 Å². The maximum absolute atomic E-state index is 12.9. The molecular weight excluding hydrogens is 416 g/mol. The number of imide groups is 1. The minimum Gasteiger partial charge on any atom is -0.496 e. The Morgan fingerprint density at radius 1 is 1.09 bits per heavy atom. The summed E-state index contributed by atoms with van der Waals surface area (Å²) in [5, 5.41) is 23.7. The van der Waals surface area contributed by atoms with Gasteiger partial charge in [-0.1, -0.05) is 30.4 Å². The fourth-order valence-electron chi connectivity index (χ4n) is 4.11. The van der Waals surface area contributed by atoms with E-state index < -0.39 is 34.9 Å². The molecule has 2 aliphatic heterocycles. The summed E-state index contributed by atoms with van der Waals surface area (Å²) in [6, 6.07) is 11.0. The first kappa shape index (κ1) is 21.5. The van der Waals surface area contributed by atoms with E-state index >= 15 is 0 Å². The Labute approximate surface area is 183 Å². The van der Waals surface area contributed by atoms with E-state index in [-0.39, 0.29) is 11.6 Å². The fraction of sp³-hybridized carbons (Fsp3) is 0.273. The molecule has 4 atom stereocenters. The van der Waals surface area contributed by atoms with Crippen molar-refractivity contribution >= 4 is 23.2 Å². The molecule has 166 valence electrons. The maximum Gasteiger partial charge on any atom is 0.269 e. The third-order valence-corrected chi connectivity index (χ3v) is 5.79. The van der Waals surface area contributed by atoms with Crippen LogP contribution in [0, 0.1) is 16.0 Å². The van der Waals surface area contributed by atoms with Gasteiger partial charge in [-0.3, -0.25) is 24.6 Å². The van der Waals surface area contributed by atoms with Gasteiger partial charge in [0.15, 0.2) is 0 Å². The van der Waals surface area contributed by atoms with Crippen LogP contribution in [0.3, 0.4) is 0 Å². The van der Waals surface area contributed by atoms with Crippen LogP contribution in [0.4, 0.5) is 11.4 Å². The summed E-state index contributed by atoms with van der Waals surface area (Å²) in [4.78, 5) is 37.0. The van der Waals surface area contributed by atoms with Crippen LogP contribution in [0.2, 0.25) is 0 Å². The number of rotatable bonds is 6. The van der Waals surface area contributed by atoms with Crippen LogP contribution in [0.25, 0.3) is 0 Å². The molecule has 1 saturated heterocycles. The zero-order valence-electron chi connectivity index (χ0n) is 17.4. The number of fused-ring (bicyclic) bond motifs is 1. The highest BCUT2D eigenvalue weighted by Gasteiger charge is 2.52. The summed E-state index contributed by atoms with van der Waals surface area (Å²) >= 11 is 0. The van der Waals surface area contributed by atoms with Crippen LogP contribution in [-0.4, -0.2) is 58.0 Å². The highest BCUT2D eigenvalue weighted by atomic mass is 16.6. The van der Waals surface area contributed by atoms with Crippen molar-refractivity contribution in [3.05, 3.63) is 76.4 Å². The Morgan fingerprint density at radius 2 is 1.78 bits per heavy atom. The monoisotopic (exact) mass is 438 g/mol. The highest BCUT2D eigenvalue weighted by Crippen LogP contribution is 2.37. The van der Waals surface area contributed by atoms with E-state index in [1.165, 1.54) is 43.4 Å². The normalized spacial score (nSPS) is 23.7. The second kappa shape index (κ2) is 8.40. The molecule has 1 fully saturated rings. The van der Waals surface area contributed by atoms with Gasteiger partial charge in [0.05, 0.1) is 24.0 Å². The van der Waals surface area contributed by atoms with E-state index in [1.54, 1.807) is 36.4 Å². The van der Waals surface area contributed by atoms with Gasteiger partial charge in [-0.2, -0.15) is 0 Å². The summed E-state index contributed by atoms with van der Waals surface area (Å²) in [5.74, 6) is -0.969.